The molecule has 3 rings (SSSR count). The normalized spacial score (nSPS) is 11.5. The first-order valence-corrected chi connectivity index (χ1v) is 12.0. The van der Waals surface area contributed by atoms with E-state index in [9.17, 15) is 13.2 Å². The summed E-state index contributed by atoms with van der Waals surface area (Å²) in [6.45, 7) is 4.01. The molecule has 0 saturated carbocycles. The number of nitrogens with zero attached hydrogens (tertiary/aromatic N) is 1. The molecule has 162 valence electrons. The zero-order valence-electron chi connectivity index (χ0n) is 17.5. The fourth-order valence-corrected chi connectivity index (χ4v) is 5.36. The van der Waals surface area contributed by atoms with Gasteiger partial charge in [0.2, 0.25) is 5.91 Å². The molecule has 0 aliphatic carbocycles. The van der Waals surface area contributed by atoms with E-state index >= 15 is 0 Å². The molecule has 1 N–H and O–H groups in total. The maximum Gasteiger partial charge on any atom is 0.264 e. The van der Waals surface area contributed by atoms with Crippen molar-refractivity contribution >= 4 is 44.7 Å². The molecule has 0 spiro atoms. The van der Waals surface area contributed by atoms with Crippen LogP contribution in [0.4, 0.5) is 11.4 Å². The smallest absolute Gasteiger partial charge is 0.264 e. The standard InChI is InChI=1S/C23H24N2O4S2/c1-4-25(18-8-6-5-7-9-18)31(27,28)19-10-11-21(29-3)20(16-19)24-23(26)13-12-22-17(2)14-15-30-22/h5-16H,4H2,1-3H3,(H,24,26)/b13-12+. The van der Waals surface area contributed by atoms with Gasteiger partial charge in [0.15, 0.2) is 0 Å². The Labute approximate surface area is 186 Å². The van der Waals surface area contributed by atoms with E-state index in [-0.39, 0.29) is 23.0 Å². The highest BCUT2D eigenvalue weighted by Crippen LogP contribution is 2.31. The van der Waals surface area contributed by atoms with Crippen molar-refractivity contribution in [3.63, 3.8) is 0 Å². The van der Waals surface area contributed by atoms with E-state index in [1.165, 1.54) is 47.0 Å². The van der Waals surface area contributed by atoms with Crippen LogP contribution in [0.5, 0.6) is 5.75 Å². The largest absolute Gasteiger partial charge is 0.495 e. The van der Waals surface area contributed by atoms with Gasteiger partial charge in [-0.3, -0.25) is 9.10 Å². The molecule has 8 heteroatoms. The predicted molar refractivity (Wildman–Crippen MR) is 126 cm³/mol. The Kier molecular flexibility index (Phi) is 7.14. The Hall–Kier alpha value is -3.10. The third kappa shape index (κ3) is 5.15. The molecule has 0 fully saturated rings. The predicted octanol–water partition coefficient (Wildman–Crippen LogP) is 4.93. The average Bonchev–Trinajstić information content (AvgIpc) is 3.18. The minimum absolute atomic E-state index is 0.0624. The number of aryl methyl sites for hydroxylation is 1. The van der Waals surface area contributed by atoms with E-state index < -0.39 is 10.0 Å². The summed E-state index contributed by atoms with van der Waals surface area (Å²) in [5.41, 5.74) is 1.94. The molecule has 1 heterocycles. The van der Waals surface area contributed by atoms with Crippen LogP contribution < -0.4 is 14.4 Å². The number of ether oxygens (including phenoxy) is 1. The summed E-state index contributed by atoms with van der Waals surface area (Å²) in [7, 11) is -2.37. The van der Waals surface area contributed by atoms with Crippen LogP contribution in [0.1, 0.15) is 17.4 Å². The number of rotatable bonds is 8. The van der Waals surface area contributed by atoms with Crippen LogP contribution in [-0.4, -0.2) is 28.0 Å². The number of carbonyl (C=O) groups excluding carboxylic acids is 1. The van der Waals surface area contributed by atoms with Crippen molar-refractivity contribution in [3.05, 3.63) is 76.5 Å². The number of nitrogens with one attached hydrogen (secondary N) is 1. The number of anilines is 2. The number of carbonyl (C=O) groups is 1. The second kappa shape index (κ2) is 9.80. The molecule has 0 aliphatic heterocycles. The van der Waals surface area contributed by atoms with Crippen molar-refractivity contribution < 1.29 is 17.9 Å². The monoisotopic (exact) mass is 456 g/mol. The summed E-state index contributed by atoms with van der Waals surface area (Å²) in [5, 5.41) is 4.68. The van der Waals surface area contributed by atoms with Gasteiger partial charge in [0.25, 0.3) is 10.0 Å². The number of methoxy groups -OCH3 is 1. The van der Waals surface area contributed by atoms with Gasteiger partial charge in [0.05, 0.1) is 23.4 Å². The van der Waals surface area contributed by atoms with Gasteiger partial charge in [-0.05, 0) is 67.3 Å². The van der Waals surface area contributed by atoms with Crippen LogP contribution in [-0.2, 0) is 14.8 Å². The molecule has 2 aromatic carbocycles. The Morgan fingerprint density at radius 3 is 2.52 bits per heavy atom. The number of thiophene rings is 1. The number of hydrogen-bond donors (Lipinski definition) is 1. The summed E-state index contributed by atoms with van der Waals surface area (Å²) < 4.78 is 33.2. The molecule has 0 unspecified atom stereocenters. The van der Waals surface area contributed by atoms with Crippen molar-refractivity contribution in [2.45, 2.75) is 18.7 Å². The molecular formula is C23H24N2O4S2. The van der Waals surface area contributed by atoms with E-state index in [2.05, 4.69) is 5.32 Å². The minimum atomic E-state index is -3.83. The van der Waals surface area contributed by atoms with Gasteiger partial charge in [-0.15, -0.1) is 11.3 Å². The Morgan fingerprint density at radius 1 is 1.16 bits per heavy atom. The van der Waals surface area contributed by atoms with Crippen LogP contribution in [0.15, 0.2) is 70.9 Å². The topological polar surface area (TPSA) is 75.7 Å². The van der Waals surface area contributed by atoms with Gasteiger partial charge < -0.3 is 10.1 Å². The van der Waals surface area contributed by atoms with Gasteiger partial charge >= 0.3 is 0 Å². The van der Waals surface area contributed by atoms with E-state index in [0.717, 1.165) is 10.4 Å². The first kappa shape index (κ1) is 22.6. The molecule has 3 aromatic rings. The van der Waals surface area contributed by atoms with Crippen molar-refractivity contribution in [2.24, 2.45) is 0 Å². The molecule has 0 saturated heterocycles. The first-order valence-electron chi connectivity index (χ1n) is 9.65. The second-order valence-electron chi connectivity index (χ2n) is 6.66. The molecule has 6 nitrogen and oxygen atoms in total. The van der Waals surface area contributed by atoms with Crippen LogP contribution in [0, 0.1) is 6.92 Å². The van der Waals surface area contributed by atoms with E-state index in [1.807, 2.05) is 24.4 Å². The van der Waals surface area contributed by atoms with Crippen LogP contribution in [0.25, 0.3) is 6.08 Å². The maximum absolute atomic E-state index is 13.3. The highest BCUT2D eigenvalue weighted by Gasteiger charge is 2.25. The van der Waals surface area contributed by atoms with Crippen LogP contribution in [0.2, 0.25) is 0 Å². The number of benzene rings is 2. The Balaban J connectivity index is 1.90. The lowest BCUT2D eigenvalue weighted by Gasteiger charge is -2.23. The van der Waals surface area contributed by atoms with Crippen molar-refractivity contribution in [1.29, 1.82) is 0 Å². The van der Waals surface area contributed by atoms with E-state index in [1.54, 1.807) is 37.3 Å². The summed E-state index contributed by atoms with van der Waals surface area (Å²) in [6, 6.07) is 15.3. The van der Waals surface area contributed by atoms with Crippen molar-refractivity contribution in [3.8, 4) is 5.75 Å². The molecule has 1 aromatic heterocycles. The lowest BCUT2D eigenvalue weighted by molar-refractivity contribution is -0.111. The second-order valence-corrected chi connectivity index (χ2v) is 9.47. The van der Waals surface area contributed by atoms with Crippen LogP contribution in [0.3, 0.4) is 0 Å². The fraction of sp³-hybridized carbons (Fsp3) is 0.174. The highest BCUT2D eigenvalue weighted by atomic mass is 32.2. The summed E-state index contributed by atoms with van der Waals surface area (Å²) in [4.78, 5) is 13.5. The van der Waals surface area contributed by atoms with Gasteiger partial charge in [-0.2, -0.15) is 0 Å². The average molecular weight is 457 g/mol. The molecule has 0 atom stereocenters. The highest BCUT2D eigenvalue weighted by molar-refractivity contribution is 7.92. The number of hydrogen-bond acceptors (Lipinski definition) is 5. The molecule has 0 aliphatic rings. The Morgan fingerprint density at radius 2 is 1.90 bits per heavy atom. The third-order valence-electron chi connectivity index (χ3n) is 4.64. The summed E-state index contributed by atoms with van der Waals surface area (Å²) >= 11 is 1.54. The summed E-state index contributed by atoms with van der Waals surface area (Å²) in [5.74, 6) is -0.00758. The van der Waals surface area contributed by atoms with Crippen molar-refractivity contribution in [1.82, 2.24) is 0 Å². The van der Waals surface area contributed by atoms with Crippen LogP contribution >= 0.6 is 11.3 Å². The molecule has 0 radical (unpaired) electrons. The Bertz CT molecular complexity index is 1190. The van der Waals surface area contributed by atoms with E-state index in [0.29, 0.717) is 11.4 Å². The van der Waals surface area contributed by atoms with Gasteiger partial charge in [-0.1, -0.05) is 18.2 Å². The molecule has 0 bridgehead atoms. The third-order valence-corrected chi connectivity index (χ3v) is 7.52. The zero-order chi connectivity index (χ0) is 22.4. The number of amides is 1. The fourth-order valence-electron chi connectivity index (χ4n) is 3.04. The van der Waals surface area contributed by atoms with E-state index in [4.69, 9.17) is 4.74 Å². The van der Waals surface area contributed by atoms with Crippen molar-refractivity contribution in [2.75, 3.05) is 23.3 Å². The number of sulfonamides is 1. The maximum atomic E-state index is 13.3. The van der Waals surface area contributed by atoms with Gasteiger partial charge in [-0.25, -0.2) is 8.42 Å². The zero-order valence-corrected chi connectivity index (χ0v) is 19.2. The first-order chi connectivity index (χ1) is 14.9. The van der Waals surface area contributed by atoms with Gasteiger partial charge in [0, 0.05) is 17.5 Å². The lowest BCUT2D eigenvalue weighted by atomic mass is 10.2. The molecule has 1 amide bonds. The number of para-hydroxylation sites is 1. The quantitative estimate of drug-likeness (QED) is 0.488. The lowest BCUT2D eigenvalue weighted by Crippen LogP contribution is -2.30. The minimum Gasteiger partial charge on any atom is -0.495 e. The molecule has 31 heavy (non-hydrogen) atoms. The van der Waals surface area contributed by atoms with Gasteiger partial charge in [0.1, 0.15) is 5.75 Å². The molecular weight excluding hydrogens is 432 g/mol. The SMILES string of the molecule is CCN(c1ccccc1)S(=O)(=O)c1ccc(OC)c(NC(=O)/C=C/c2sccc2C)c1. The summed E-state index contributed by atoms with van der Waals surface area (Å²) in [6.07, 6.45) is 3.15.